The Kier molecular flexibility index (Phi) is 4.72. The van der Waals surface area contributed by atoms with Gasteiger partial charge in [0.2, 0.25) is 5.91 Å². The Morgan fingerprint density at radius 2 is 1.67 bits per heavy atom. The average Bonchev–Trinajstić information content (AvgIpc) is 2.49. The number of carbonyl (C=O) groups excluding carboxylic acids is 1. The van der Waals surface area contributed by atoms with Crippen LogP contribution in [0.5, 0.6) is 0 Å². The Hall–Kier alpha value is -2.62. The van der Waals surface area contributed by atoms with Crippen molar-refractivity contribution in [2.75, 3.05) is 5.32 Å². The van der Waals surface area contributed by atoms with Crippen LogP contribution >= 0.6 is 0 Å². The predicted octanol–water partition coefficient (Wildman–Crippen LogP) is 3.52. The van der Waals surface area contributed by atoms with E-state index in [-0.39, 0.29) is 17.4 Å². The zero-order valence-corrected chi connectivity index (χ0v) is 11.7. The van der Waals surface area contributed by atoms with E-state index >= 15 is 0 Å². The zero-order chi connectivity index (χ0) is 15.2. The highest BCUT2D eigenvalue weighted by atomic mass is 16.4. The molecule has 2 aromatic rings. The molecule has 0 aromatic heterocycles. The van der Waals surface area contributed by atoms with Gasteiger partial charge >= 0.3 is 5.97 Å². The first-order chi connectivity index (χ1) is 10.1. The fraction of sp³-hybridized carbons (Fsp3) is 0.176. The first-order valence-electron chi connectivity index (χ1n) is 6.81. The Labute approximate surface area is 123 Å². The van der Waals surface area contributed by atoms with E-state index in [0.717, 1.165) is 5.56 Å². The van der Waals surface area contributed by atoms with Gasteiger partial charge in [-0.15, -0.1) is 0 Å². The van der Waals surface area contributed by atoms with Gasteiger partial charge in [0, 0.05) is 0 Å². The van der Waals surface area contributed by atoms with Crippen molar-refractivity contribution in [3.05, 3.63) is 65.7 Å². The number of rotatable bonds is 5. The van der Waals surface area contributed by atoms with Gasteiger partial charge in [0.05, 0.1) is 17.2 Å². The lowest BCUT2D eigenvalue weighted by atomic mass is 9.95. The molecule has 0 unspecified atom stereocenters. The molecule has 0 heterocycles. The minimum Gasteiger partial charge on any atom is -0.478 e. The summed E-state index contributed by atoms with van der Waals surface area (Å²) in [5, 5.41) is 11.9. The first-order valence-corrected chi connectivity index (χ1v) is 6.81. The summed E-state index contributed by atoms with van der Waals surface area (Å²) in [7, 11) is 0. The molecule has 2 N–H and O–H groups in total. The molecule has 0 saturated heterocycles. The minimum absolute atomic E-state index is 0.0914. The standard InChI is InChI=1S/C17H17NO3/c1-2-13(12-8-4-3-5-9-12)16(19)18-15-11-7-6-10-14(15)17(20)21/h3-11,13H,2H2,1H3,(H,18,19)(H,20,21)/t13-/m0/s1. The Morgan fingerprint density at radius 1 is 1.05 bits per heavy atom. The summed E-state index contributed by atoms with van der Waals surface area (Å²) in [5.74, 6) is -1.55. The van der Waals surface area contributed by atoms with Gasteiger partial charge < -0.3 is 10.4 Å². The summed E-state index contributed by atoms with van der Waals surface area (Å²) in [5.41, 5.74) is 1.34. The van der Waals surface area contributed by atoms with E-state index in [1.807, 2.05) is 37.3 Å². The van der Waals surface area contributed by atoms with Crippen molar-refractivity contribution < 1.29 is 14.7 Å². The number of carboxylic acid groups (broad SMARTS) is 1. The molecule has 1 atom stereocenters. The molecular formula is C17H17NO3. The zero-order valence-electron chi connectivity index (χ0n) is 11.7. The van der Waals surface area contributed by atoms with E-state index < -0.39 is 5.97 Å². The van der Waals surface area contributed by atoms with E-state index in [0.29, 0.717) is 12.1 Å². The average molecular weight is 283 g/mol. The van der Waals surface area contributed by atoms with Crippen LogP contribution in [0.15, 0.2) is 54.6 Å². The number of amides is 1. The molecular weight excluding hydrogens is 266 g/mol. The van der Waals surface area contributed by atoms with Gasteiger partial charge in [-0.3, -0.25) is 4.79 Å². The number of carboxylic acids is 1. The van der Waals surface area contributed by atoms with Crippen LogP contribution in [0, 0.1) is 0 Å². The van der Waals surface area contributed by atoms with Crippen molar-refractivity contribution in [1.29, 1.82) is 0 Å². The van der Waals surface area contributed by atoms with Crippen LogP contribution in [0.25, 0.3) is 0 Å². The number of anilines is 1. The maximum Gasteiger partial charge on any atom is 0.337 e. The molecule has 0 bridgehead atoms. The summed E-state index contributed by atoms with van der Waals surface area (Å²) < 4.78 is 0. The highest BCUT2D eigenvalue weighted by Crippen LogP contribution is 2.23. The van der Waals surface area contributed by atoms with Crippen LogP contribution in [0.3, 0.4) is 0 Å². The second-order valence-corrected chi connectivity index (χ2v) is 4.71. The molecule has 2 rings (SSSR count). The summed E-state index contributed by atoms with van der Waals surface area (Å²) in [6.45, 7) is 1.93. The fourth-order valence-electron chi connectivity index (χ4n) is 2.26. The van der Waals surface area contributed by atoms with Crippen molar-refractivity contribution in [3.8, 4) is 0 Å². The van der Waals surface area contributed by atoms with E-state index in [1.54, 1.807) is 18.2 Å². The molecule has 0 aliphatic rings. The van der Waals surface area contributed by atoms with Gasteiger partial charge in [-0.25, -0.2) is 4.79 Å². The van der Waals surface area contributed by atoms with E-state index in [1.165, 1.54) is 6.07 Å². The van der Waals surface area contributed by atoms with Gasteiger partial charge in [-0.1, -0.05) is 49.4 Å². The molecule has 4 nitrogen and oxygen atoms in total. The van der Waals surface area contributed by atoms with Crippen LogP contribution in [0.2, 0.25) is 0 Å². The lowest BCUT2D eigenvalue weighted by Gasteiger charge is -2.16. The monoisotopic (exact) mass is 283 g/mol. The molecule has 2 aromatic carbocycles. The van der Waals surface area contributed by atoms with Crippen molar-refractivity contribution in [1.82, 2.24) is 0 Å². The lowest BCUT2D eigenvalue weighted by Crippen LogP contribution is -2.22. The molecule has 0 spiro atoms. The second-order valence-electron chi connectivity index (χ2n) is 4.71. The third-order valence-corrected chi connectivity index (χ3v) is 3.34. The quantitative estimate of drug-likeness (QED) is 0.882. The first kappa shape index (κ1) is 14.8. The third-order valence-electron chi connectivity index (χ3n) is 3.34. The molecule has 21 heavy (non-hydrogen) atoms. The Bertz CT molecular complexity index is 637. The maximum atomic E-state index is 12.4. The third kappa shape index (κ3) is 3.48. The summed E-state index contributed by atoms with van der Waals surface area (Å²) in [4.78, 5) is 23.6. The summed E-state index contributed by atoms with van der Waals surface area (Å²) >= 11 is 0. The number of para-hydroxylation sites is 1. The predicted molar refractivity (Wildman–Crippen MR) is 81.5 cm³/mol. The second kappa shape index (κ2) is 6.70. The molecule has 0 aliphatic carbocycles. The van der Waals surface area contributed by atoms with E-state index in [4.69, 9.17) is 5.11 Å². The highest BCUT2D eigenvalue weighted by molar-refractivity contribution is 6.02. The Morgan fingerprint density at radius 3 is 2.29 bits per heavy atom. The van der Waals surface area contributed by atoms with Gasteiger partial charge in [-0.2, -0.15) is 0 Å². The van der Waals surface area contributed by atoms with Gasteiger partial charge in [0.25, 0.3) is 0 Å². The molecule has 1 amide bonds. The van der Waals surface area contributed by atoms with Crippen LogP contribution in [0.4, 0.5) is 5.69 Å². The SMILES string of the molecule is CC[C@H](C(=O)Nc1ccccc1C(=O)O)c1ccccc1. The van der Waals surface area contributed by atoms with E-state index in [9.17, 15) is 9.59 Å². The van der Waals surface area contributed by atoms with Crippen LogP contribution in [0.1, 0.15) is 35.2 Å². The number of hydrogen-bond donors (Lipinski definition) is 2. The van der Waals surface area contributed by atoms with Gasteiger partial charge in [-0.05, 0) is 24.1 Å². The lowest BCUT2D eigenvalue weighted by molar-refractivity contribution is -0.117. The molecule has 0 fully saturated rings. The van der Waals surface area contributed by atoms with Crippen molar-refractivity contribution in [2.45, 2.75) is 19.3 Å². The van der Waals surface area contributed by atoms with Crippen LogP contribution in [-0.2, 0) is 4.79 Å². The minimum atomic E-state index is -1.06. The number of hydrogen-bond acceptors (Lipinski definition) is 2. The summed E-state index contributed by atoms with van der Waals surface area (Å²) in [6, 6.07) is 15.9. The maximum absolute atomic E-state index is 12.4. The smallest absolute Gasteiger partial charge is 0.337 e. The normalized spacial score (nSPS) is 11.7. The summed E-state index contributed by atoms with van der Waals surface area (Å²) in [6.07, 6.45) is 0.644. The molecule has 108 valence electrons. The number of carbonyl (C=O) groups is 2. The molecule has 0 saturated carbocycles. The molecule has 0 radical (unpaired) electrons. The van der Waals surface area contributed by atoms with Crippen molar-refractivity contribution >= 4 is 17.6 Å². The molecule has 4 heteroatoms. The number of benzene rings is 2. The van der Waals surface area contributed by atoms with Crippen LogP contribution < -0.4 is 5.32 Å². The van der Waals surface area contributed by atoms with Gasteiger partial charge in [0.1, 0.15) is 0 Å². The number of nitrogens with one attached hydrogen (secondary N) is 1. The largest absolute Gasteiger partial charge is 0.478 e. The Balaban J connectivity index is 2.23. The van der Waals surface area contributed by atoms with Crippen LogP contribution in [-0.4, -0.2) is 17.0 Å². The fourth-order valence-corrected chi connectivity index (χ4v) is 2.26. The van der Waals surface area contributed by atoms with Crippen molar-refractivity contribution in [2.24, 2.45) is 0 Å². The topological polar surface area (TPSA) is 66.4 Å². The van der Waals surface area contributed by atoms with Gasteiger partial charge in [0.15, 0.2) is 0 Å². The number of aromatic carboxylic acids is 1. The molecule has 0 aliphatic heterocycles. The highest BCUT2D eigenvalue weighted by Gasteiger charge is 2.20. The van der Waals surface area contributed by atoms with Crippen molar-refractivity contribution in [3.63, 3.8) is 0 Å². The van der Waals surface area contributed by atoms with E-state index in [2.05, 4.69) is 5.32 Å².